The predicted octanol–water partition coefficient (Wildman–Crippen LogP) is 10.4. The monoisotopic (exact) mass is 393 g/mol. The predicted molar refractivity (Wildman–Crippen MR) is 130 cm³/mol. The second-order valence-electron chi connectivity index (χ2n) is 9.12. The second-order valence-corrected chi connectivity index (χ2v) is 9.12. The lowest BCUT2D eigenvalue weighted by Crippen LogP contribution is -1.84. The molecule has 28 heavy (non-hydrogen) atoms. The van der Waals surface area contributed by atoms with Crippen molar-refractivity contribution in [2.24, 2.45) is 0 Å². The van der Waals surface area contributed by atoms with Crippen molar-refractivity contribution in [2.45, 2.75) is 167 Å². The van der Waals surface area contributed by atoms with Gasteiger partial charge in [-0.15, -0.1) is 0 Å². The van der Waals surface area contributed by atoms with Gasteiger partial charge in [-0.25, -0.2) is 0 Å². The first-order valence-corrected chi connectivity index (χ1v) is 13.4. The molecular formula is C27H55N. The van der Waals surface area contributed by atoms with E-state index in [0.29, 0.717) is 0 Å². The van der Waals surface area contributed by atoms with E-state index in [1.165, 1.54) is 154 Å². The molecule has 1 heteroatoms. The lowest BCUT2D eigenvalue weighted by molar-refractivity contribution is 0.517. The largest absolute Gasteiger partial charge is 0.313 e. The molecule has 0 aliphatic rings. The molecule has 0 radical (unpaired) electrons. The summed E-state index contributed by atoms with van der Waals surface area (Å²) < 4.78 is 0. The first-order chi connectivity index (χ1) is 13.9. The molecule has 1 N–H and O–H groups in total. The Hall–Kier alpha value is -0.330. The summed E-state index contributed by atoms with van der Waals surface area (Å²) in [5, 5.41) is 7.01. The van der Waals surface area contributed by atoms with Gasteiger partial charge in [0.2, 0.25) is 0 Å². The molecule has 0 aliphatic carbocycles. The van der Waals surface area contributed by atoms with E-state index >= 15 is 0 Å². The fraction of sp³-hybridized carbons (Fsp3) is 0.963. The summed E-state index contributed by atoms with van der Waals surface area (Å²) in [6, 6.07) is 0. The van der Waals surface area contributed by atoms with Crippen molar-refractivity contribution in [1.29, 1.82) is 5.41 Å². The van der Waals surface area contributed by atoms with Crippen LogP contribution >= 0.6 is 0 Å². The molecule has 0 atom stereocenters. The van der Waals surface area contributed by atoms with Gasteiger partial charge in [-0.3, -0.25) is 0 Å². The molecule has 0 rings (SSSR count). The van der Waals surface area contributed by atoms with Crippen LogP contribution < -0.4 is 0 Å². The highest BCUT2D eigenvalue weighted by atomic mass is 14.3. The van der Waals surface area contributed by atoms with Crippen LogP contribution in [-0.2, 0) is 0 Å². The van der Waals surface area contributed by atoms with Gasteiger partial charge in [0.1, 0.15) is 0 Å². The second kappa shape index (κ2) is 26.7. The van der Waals surface area contributed by atoms with E-state index in [-0.39, 0.29) is 0 Å². The fourth-order valence-electron chi connectivity index (χ4n) is 4.21. The normalized spacial score (nSPS) is 11.2. The standard InChI is InChI=1S/C27H55N/c1-2-3-4-5-6-7-8-9-10-11-12-13-14-15-16-17-18-19-20-21-22-23-24-25-26-27-28/h27-28H,2-26H2,1H3. The third-order valence-corrected chi connectivity index (χ3v) is 6.20. The van der Waals surface area contributed by atoms with Crippen LogP contribution in [0.4, 0.5) is 0 Å². The lowest BCUT2D eigenvalue weighted by atomic mass is 10.0. The molecule has 0 aromatic rings. The molecule has 0 unspecified atom stereocenters. The average Bonchev–Trinajstić information content (AvgIpc) is 2.71. The Morgan fingerprint density at radius 3 is 0.786 bits per heavy atom. The molecule has 168 valence electrons. The molecule has 1 nitrogen and oxygen atoms in total. The Bertz CT molecular complexity index is 273. The quantitative estimate of drug-likeness (QED) is 0.118. The van der Waals surface area contributed by atoms with Crippen molar-refractivity contribution < 1.29 is 0 Å². The third kappa shape index (κ3) is 25.7. The van der Waals surface area contributed by atoms with Crippen molar-refractivity contribution in [3.8, 4) is 0 Å². The molecule has 0 fully saturated rings. The van der Waals surface area contributed by atoms with Gasteiger partial charge in [0.25, 0.3) is 0 Å². The number of hydrogen-bond acceptors (Lipinski definition) is 1. The number of rotatable bonds is 25. The first-order valence-electron chi connectivity index (χ1n) is 13.4. The van der Waals surface area contributed by atoms with E-state index in [1.54, 1.807) is 6.21 Å². The van der Waals surface area contributed by atoms with Crippen LogP contribution in [-0.4, -0.2) is 6.21 Å². The van der Waals surface area contributed by atoms with Crippen LogP contribution in [0, 0.1) is 5.41 Å². The van der Waals surface area contributed by atoms with Gasteiger partial charge in [-0.2, -0.15) is 0 Å². The molecule has 0 aromatic heterocycles. The molecule has 0 amide bonds. The van der Waals surface area contributed by atoms with Gasteiger partial charge in [0.05, 0.1) is 0 Å². The smallest absolute Gasteiger partial charge is 0.00477 e. The highest BCUT2D eigenvalue weighted by Crippen LogP contribution is 2.15. The summed E-state index contributed by atoms with van der Waals surface area (Å²) >= 11 is 0. The van der Waals surface area contributed by atoms with Gasteiger partial charge in [-0.05, 0) is 19.1 Å². The van der Waals surface area contributed by atoms with Gasteiger partial charge in [0.15, 0.2) is 0 Å². The van der Waals surface area contributed by atoms with Crippen LogP contribution in [0.3, 0.4) is 0 Å². The first kappa shape index (κ1) is 27.7. The SMILES string of the molecule is CCCCCCCCCCCCCCCCCCCCCCCCCCC=N. The van der Waals surface area contributed by atoms with Crippen molar-refractivity contribution >= 4 is 6.21 Å². The Labute approximate surface area is 179 Å². The van der Waals surface area contributed by atoms with Gasteiger partial charge in [-0.1, -0.05) is 155 Å². The summed E-state index contributed by atoms with van der Waals surface area (Å²) in [6.45, 7) is 2.30. The molecule has 0 saturated heterocycles. The maximum absolute atomic E-state index is 7.01. The number of unbranched alkanes of at least 4 members (excludes halogenated alkanes) is 24. The Balaban J connectivity index is 2.97. The lowest BCUT2D eigenvalue weighted by Gasteiger charge is -2.04. The van der Waals surface area contributed by atoms with Gasteiger partial charge in [0, 0.05) is 0 Å². The Morgan fingerprint density at radius 1 is 0.357 bits per heavy atom. The summed E-state index contributed by atoms with van der Waals surface area (Å²) in [4.78, 5) is 0. The maximum atomic E-state index is 7.01. The van der Waals surface area contributed by atoms with E-state index in [2.05, 4.69) is 6.92 Å². The molecule has 0 spiro atoms. The van der Waals surface area contributed by atoms with Gasteiger partial charge < -0.3 is 5.41 Å². The van der Waals surface area contributed by atoms with Crippen LogP contribution in [0.15, 0.2) is 0 Å². The molecule has 0 aliphatic heterocycles. The van der Waals surface area contributed by atoms with E-state index in [4.69, 9.17) is 5.41 Å². The molecular weight excluding hydrogens is 338 g/mol. The van der Waals surface area contributed by atoms with Crippen LogP contribution in [0.2, 0.25) is 0 Å². The van der Waals surface area contributed by atoms with Crippen LogP contribution in [0.25, 0.3) is 0 Å². The summed E-state index contributed by atoms with van der Waals surface area (Å²) in [6.07, 6.45) is 37.2. The minimum atomic E-state index is 0.985. The summed E-state index contributed by atoms with van der Waals surface area (Å²) in [5.74, 6) is 0. The van der Waals surface area contributed by atoms with E-state index in [9.17, 15) is 0 Å². The van der Waals surface area contributed by atoms with E-state index in [1.807, 2.05) is 0 Å². The summed E-state index contributed by atoms with van der Waals surface area (Å²) in [7, 11) is 0. The van der Waals surface area contributed by atoms with E-state index in [0.717, 1.165) is 6.42 Å². The van der Waals surface area contributed by atoms with Crippen molar-refractivity contribution in [3.05, 3.63) is 0 Å². The van der Waals surface area contributed by atoms with Crippen molar-refractivity contribution in [2.75, 3.05) is 0 Å². The highest BCUT2D eigenvalue weighted by molar-refractivity contribution is 5.52. The van der Waals surface area contributed by atoms with Crippen molar-refractivity contribution in [3.63, 3.8) is 0 Å². The number of nitrogens with one attached hydrogen (secondary N) is 1. The Morgan fingerprint density at radius 2 is 0.571 bits per heavy atom. The minimum absolute atomic E-state index is 0.985. The summed E-state index contributed by atoms with van der Waals surface area (Å²) in [5.41, 5.74) is 0. The molecule has 0 saturated carbocycles. The zero-order chi connectivity index (χ0) is 20.4. The van der Waals surface area contributed by atoms with E-state index < -0.39 is 0 Å². The average molecular weight is 394 g/mol. The zero-order valence-electron chi connectivity index (χ0n) is 19.8. The van der Waals surface area contributed by atoms with Crippen molar-refractivity contribution in [1.82, 2.24) is 0 Å². The zero-order valence-corrected chi connectivity index (χ0v) is 19.8. The van der Waals surface area contributed by atoms with Crippen LogP contribution in [0.5, 0.6) is 0 Å². The molecule has 0 heterocycles. The molecule has 0 bridgehead atoms. The maximum Gasteiger partial charge on any atom is -0.00477 e. The fourth-order valence-corrected chi connectivity index (χ4v) is 4.21. The topological polar surface area (TPSA) is 23.9 Å². The minimum Gasteiger partial charge on any atom is -0.313 e. The van der Waals surface area contributed by atoms with Crippen LogP contribution in [0.1, 0.15) is 167 Å². The molecule has 0 aromatic carbocycles. The third-order valence-electron chi connectivity index (χ3n) is 6.20. The Kier molecular flexibility index (Phi) is 26.4. The highest BCUT2D eigenvalue weighted by Gasteiger charge is 1.96. The number of hydrogen-bond donors (Lipinski definition) is 1. The van der Waals surface area contributed by atoms with Gasteiger partial charge >= 0.3 is 0 Å².